The molecule has 0 atom stereocenters. The molecule has 0 aliphatic rings. The highest BCUT2D eigenvalue weighted by atomic mass is 35.5. The van der Waals surface area contributed by atoms with Gasteiger partial charge in [0.1, 0.15) is 11.3 Å². The van der Waals surface area contributed by atoms with Gasteiger partial charge in [0.15, 0.2) is 0 Å². The molecule has 18 heavy (non-hydrogen) atoms. The number of hydrogen-bond donors (Lipinski definition) is 2. The number of fused-ring (bicyclic) bond motifs is 1. The predicted octanol–water partition coefficient (Wildman–Crippen LogP) is 3.29. The molecule has 1 aromatic carbocycles. The fourth-order valence-corrected chi connectivity index (χ4v) is 2.02. The largest absolute Gasteiger partial charge is 0.492 e. The third-order valence-electron chi connectivity index (χ3n) is 2.73. The number of halogens is 1. The van der Waals surface area contributed by atoms with Gasteiger partial charge in [-0.15, -0.1) is 0 Å². The molecule has 0 saturated heterocycles. The van der Waals surface area contributed by atoms with Crippen molar-refractivity contribution in [2.45, 2.75) is 6.92 Å². The van der Waals surface area contributed by atoms with Gasteiger partial charge in [-0.05, 0) is 30.7 Å². The minimum atomic E-state index is -0.0299. The Morgan fingerprint density at radius 3 is 2.61 bits per heavy atom. The Morgan fingerprint density at radius 2 is 1.89 bits per heavy atom. The molecular formula is C13H10ClN3O. The summed E-state index contributed by atoms with van der Waals surface area (Å²) in [6.45, 7) is 1.74. The van der Waals surface area contributed by atoms with Gasteiger partial charge in [-0.25, -0.2) is 4.98 Å². The molecule has 2 heterocycles. The molecule has 90 valence electrons. The van der Waals surface area contributed by atoms with Crippen molar-refractivity contribution < 1.29 is 5.11 Å². The zero-order valence-corrected chi connectivity index (χ0v) is 10.4. The quantitative estimate of drug-likeness (QED) is 0.705. The first-order valence-electron chi connectivity index (χ1n) is 5.46. The van der Waals surface area contributed by atoms with Crippen LogP contribution < -0.4 is 0 Å². The van der Waals surface area contributed by atoms with Crippen LogP contribution in [0.25, 0.3) is 22.3 Å². The number of aromatic hydroxyl groups is 1. The van der Waals surface area contributed by atoms with Gasteiger partial charge in [0.2, 0.25) is 5.88 Å². The van der Waals surface area contributed by atoms with E-state index in [9.17, 15) is 5.11 Å². The van der Waals surface area contributed by atoms with Crippen molar-refractivity contribution in [3.05, 3.63) is 41.2 Å². The van der Waals surface area contributed by atoms with Gasteiger partial charge in [0, 0.05) is 10.7 Å². The average Bonchev–Trinajstić information content (AvgIpc) is 2.74. The van der Waals surface area contributed by atoms with Gasteiger partial charge in [-0.3, -0.25) is 0 Å². The monoisotopic (exact) mass is 259 g/mol. The van der Waals surface area contributed by atoms with Crippen LogP contribution >= 0.6 is 11.6 Å². The molecule has 2 N–H and O–H groups in total. The van der Waals surface area contributed by atoms with Gasteiger partial charge in [-0.2, -0.15) is 4.98 Å². The number of aromatic amines is 1. The molecule has 0 saturated carbocycles. The minimum absolute atomic E-state index is 0.0299. The number of nitrogens with zero attached hydrogens (tertiary/aromatic N) is 2. The van der Waals surface area contributed by atoms with Crippen molar-refractivity contribution in [2.24, 2.45) is 0 Å². The number of hydrogen-bond acceptors (Lipinski definition) is 3. The van der Waals surface area contributed by atoms with Gasteiger partial charge >= 0.3 is 0 Å². The van der Waals surface area contributed by atoms with Crippen LogP contribution in [0.5, 0.6) is 5.88 Å². The summed E-state index contributed by atoms with van der Waals surface area (Å²) in [5.74, 6) is 0.513. The minimum Gasteiger partial charge on any atom is -0.492 e. The molecule has 4 nitrogen and oxygen atoms in total. The van der Waals surface area contributed by atoms with E-state index in [0.29, 0.717) is 21.9 Å². The Labute approximate surface area is 108 Å². The Balaban J connectivity index is 2.19. The maximum Gasteiger partial charge on any atom is 0.239 e. The van der Waals surface area contributed by atoms with Crippen LogP contribution in [0, 0.1) is 6.92 Å². The summed E-state index contributed by atoms with van der Waals surface area (Å²) in [6.07, 6.45) is 0. The Bertz CT molecular complexity index is 719. The summed E-state index contributed by atoms with van der Waals surface area (Å²) in [5, 5.41) is 10.4. The van der Waals surface area contributed by atoms with Crippen LogP contribution in [0.15, 0.2) is 30.3 Å². The Hall–Kier alpha value is -2.07. The Kier molecular flexibility index (Phi) is 2.45. The number of H-pyrrole nitrogens is 1. The van der Waals surface area contributed by atoms with Gasteiger partial charge in [0.25, 0.3) is 0 Å². The molecule has 0 fully saturated rings. The zero-order valence-electron chi connectivity index (χ0n) is 9.61. The van der Waals surface area contributed by atoms with Crippen molar-refractivity contribution in [1.82, 2.24) is 15.0 Å². The predicted molar refractivity (Wildman–Crippen MR) is 70.7 cm³/mol. The number of aryl methyl sites for hydroxylation is 1. The summed E-state index contributed by atoms with van der Waals surface area (Å²) < 4.78 is 0. The third kappa shape index (κ3) is 1.80. The van der Waals surface area contributed by atoms with Crippen LogP contribution in [0.3, 0.4) is 0 Å². The molecule has 0 aliphatic carbocycles. The summed E-state index contributed by atoms with van der Waals surface area (Å²) in [5.41, 5.74) is 3.10. The van der Waals surface area contributed by atoms with E-state index >= 15 is 0 Å². The average molecular weight is 260 g/mol. The lowest BCUT2D eigenvalue weighted by Gasteiger charge is -1.97. The topological polar surface area (TPSA) is 61.8 Å². The van der Waals surface area contributed by atoms with E-state index in [1.165, 1.54) is 0 Å². The van der Waals surface area contributed by atoms with E-state index in [0.717, 1.165) is 11.3 Å². The van der Waals surface area contributed by atoms with Crippen molar-refractivity contribution in [2.75, 3.05) is 0 Å². The molecule has 5 heteroatoms. The number of benzene rings is 1. The van der Waals surface area contributed by atoms with Crippen molar-refractivity contribution in [3.63, 3.8) is 0 Å². The molecule has 0 aliphatic heterocycles. The van der Waals surface area contributed by atoms with Crippen LogP contribution in [0.1, 0.15) is 5.82 Å². The van der Waals surface area contributed by atoms with Gasteiger partial charge in [0.05, 0.1) is 5.52 Å². The second-order valence-corrected chi connectivity index (χ2v) is 4.48. The van der Waals surface area contributed by atoms with Crippen molar-refractivity contribution >= 4 is 22.6 Å². The maximum absolute atomic E-state index is 9.75. The fourth-order valence-electron chi connectivity index (χ4n) is 1.90. The summed E-state index contributed by atoms with van der Waals surface area (Å²) >= 11 is 5.85. The number of aromatic nitrogens is 3. The van der Waals surface area contributed by atoms with Crippen molar-refractivity contribution in [1.29, 1.82) is 0 Å². The SMILES string of the molecule is Cc1nc(O)c2[nH]c(-c3ccc(Cl)cc3)cc2n1. The number of nitrogens with one attached hydrogen (secondary N) is 1. The normalized spacial score (nSPS) is 11.0. The van der Waals surface area contributed by atoms with E-state index in [1.54, 1.807) is 6.92 Å². The van der Waals surface area contributed by atoms with Crippen LogP contribution in [0.4, 0.5) is 0 Å². The second-order valence-electron chi connectivity index (χ2n) is 4.04. The standard InChI is InChI=1S/C13H10ClN3O/c1-7-15-11-6-10(17-12(11)13(18)16-7)8-2-4-9(14)5-3-8/h2-6,17H,1H3,(H,15,16,18). The van der Waals surface area contributed by atoms with E-state index < -0.39 is 0 Å². The first-order valence-corrected chi connectivity index (χ1v) is 5.83. The zero-order chi connectivity index (χ0) is 12.7. The molecule has 0 bridgehead atoms. The van der Waals surface area contributed by atoms with Gasteiger partial charge < -0.3 is 10.1 Å². The van der Waals surface area contributed by atoms with Crippen LogP contribution in [-0.2, 0) is 0 Å². The molecule has 0 spiro atoms. The van der Waals surface area contributed by atoms with Crippen molar-refractivity contribution in [3.8, 4) is 17.1 Å². The van der Waals surface area contributed by atoms with Crippen LogP contribution in [0.2, 0.25) is 5.02 Å². The van der Waals surface area contributed by atoms with E-state index in [-0.39, 0.29) is 5.88 Å². The second kappa shape index (κ2) is 3.99. The summed E-state index contributed by atoms with van der Waals surface area (Å²) in [6, 6.07) is 9.33. The number of rotatable bonds is 1. The molecule has 0 amide bonds. The lowest BCUT2D eigenvalue weighted by atomic mass is 10.2. The smallest absolute Gasteiger partial charge is 0.239 e. The molecule has 0 unspecified atom stereocenters. The van der Waals surface area contributed by atoms with E-state index in [1.807, 2.05) is 30.3 Å². The molecule has 3 rings (SSSR count). The Morgan fingerprint density at radius 1 is 1.17 bits per heavy atom. The summed E-state index contributed by atoms with van der Waals surface area (Å²) in [4.78, 5) is 11.3. The first-order chi connectivity index (χ1) is 8.63. The van der Waals surface area contributed by atoms with Gasteiger partial charge in [-0.1, -0.05) is 23.7 Å². The lowest BCUT2D eigenvalue weighted by molar-refractivity contribution is 0.456. The molecule has 2 aromatic heterocycles. The molecular weight excluding hydrogens is 250 g/mol. The van der Waals surface area contributed by atoms with Crippen LogP contribution in [-0.4, -0.2) is 20.1 Å². The summed E-state index contributed by atoms with van der Waals surface area (Å²) in [7, 11) is 0. The fraction of sp³-hybridized carbons (Fsp3) is 0.0769. The highest BCUT2D eigenvalue weighted by Crippen LogP contribution is 2.27. The maximum atomic E-state index is 9.75. The highest BCUT2D eigenvalue weighted by Gasteiger charge is 2.09. The molecule has 3 aromatic rings. The van der Waals surface area contributed by atoms with E-state index in [4.69, 9.17) is 11.6 Å². The van der Waals surface area contributed by atoms with E-state index in [2.05, 4.69) is 15.0 Å². The lowest BCUT2D eigenvalue weighted by Crippen LogP contribution is -1.87. The third-order valence-corrected chi connectivity index (χ3v) is 2.98. The highest BCUT2D eigenvalue weighted by molar-refractivity contribution is 6.30. The molecule has 0 radical (unpaired) electrons. The first kappa shape index (κ1) is 11.0.